The average molecular weight is 334 g/mol. The summed E-state index contributed by atoms with van der Waals surface area (Å²) in [6.45, 7) is 1.34. The van der Waals surface area contributed by atoms with Crippen LogP contribution in [0.25, 0.3) is 0 Å². The third kappa shape index (κ3) is 7.69. The Morgan fingerprint density at radius 3 is 2.77 bits per heavy atom. The Balaban J connectivity index is 2.42. The summed E-state index contributed by atoms with van der Waals surface area (Å²) < 4.78 is 27.5. The van der Waals surface area contributed by atoms with Crippen molar-refractivity contribution in [1.29, 1.82) is 0 Å². The monoisotopic (exact) mass is 334 g/mol. The van der Waals surface area contributed by atoms with Crippen molar-refractivity contribution >= 4 is 22.0 Å². The van der Waals surface area contributed by atoms with Gasteiger partial charge in [0.15, 0.2) is 0 Å². The maximum Gasteiger partial charge on any atom is 0.303 e. The minimum Gasteiger partial charge on any atom is -0.481 e. The van der Waals surface area contributed by atoms with Crippen molar-refractivity contribution in [2.24, 2.45) is 0 Å². The van der Waals surface area contributed by atoms with Gasteiger partial charge in [-0.25, -0.2) is 4.68 Å². The zero-order valence-corrected chi connectivity index (χ0v) is 13.0. The van der Waals surface area contributed by atoms with E-state index in [9.17, 15) is 18.0 Å². The van der Waals surface area contributed by atoms with E-state index in [0.29, 0.717) is 6.42 Å². The largest absolute Gasteiger partial charge is 0.481 e. The molecule has 1 heterocycles. The molecular formula is C11H18N4O6S. The highest BCUT2D eigenvalue weighted by Gasteiger charge is 2.12. The summed E-state index contributed by atoms with van der Waals surface area (Å²) >= 11 is 0. The van der Waals surface area contributed by atoms with Crippen LogP contribution in [-0.2, 0) is 37.0 Å². The molecule has 22 heavy (non-hydrogen) atoms. The Bertz CT molecular complexity index is 626. The Labute approximate surface area is 127 Å². The van der Waals surface area contributed by atoms with Crippen LogP contribution in [0.3, 0.4) is 0 Å². The molecule has 1 aromatic rings. The van der Waals surface area contributed by atoms with Gasteiger partial charge in [-0.15, -0.1) is 5.10 Å². The molecule has 0 unspecified atom stereocenters. The standard InChI is InChI=1S/C11H18N4O6S/c1-8(3-4-11(17)18)12-10(16)6-15-5-9(13-14-15)7-21-22(2,19)20/h5,8H,3-4,6-7H2,1-2H3,(H,12,16)(H,17,18)/t8-/m1/s1. The van der Waals surface area contributed by atoms with Gasteiger partial charge in [-0.05, 0) is 13.3 Å². The van der Waals surface area contributed by atoms with Gasteiger partial charge in [-0.3, -0.25) is 13.8 Å². The number of carbonyl (C=O) groups excluding carboxylic acids is 1. The van der Waals surface area contributed by atoms with Crippen molar-refractivity contribution in [3.05, 3.63) is 11.9 Å². The van der Waals surface area contributed by atoms with Crippen molar-refractivity contribution in [3.63, 3.8) is 0 Å². The first kappa shape index (κ1) is 18.0. The van der Waals surface area contributed by atoms with E-state index in [0.717, 1.165) is 6.26 Å². The van der Waals surface area contributed by atoms with E-state index in [1.165, 1.54) is 10.9 Å². The Morgan fingerprint density at radius 2 is 2.18 bits per heavy atom. The number of amides is 1. The first-order chi connectivity index (χ1) is 10.2. The number of hydrogen-bond donors (Lipinski definition) is 2. The fourth-order valence-corrected chi connectivity index (χ4v) is 1.86. The molecule has 0 bridgehead atoms. The highest BCUT2D eigenvalue weighted by atomic mass is 32.2. The topological polar surface area (TPSA) is 140 Å². The van der Waals surface area contributed by atoms with Crippen LogP contribution in [-0.4, -0.2) is 52.7 Å². The smallest absolute Gasteiger partial charge is 0.303 e. The van der Waals surface area contributed by atoms with Crippen molar-refractivity contribution in [3.8, 4) is 0 Å². The zero-order valence-electron chi connectivity index (χ0n) is 12.2. The van der Waals surface area contributed by atoms with Gasteiger partial charge in [0.1, 0.15) is 18.8 Å². The summed E-state index contributed by atoms with van der Waals surface area (Å²) in [6, 6.07) is -0.278. The molecule has 1 aromatic heterocycles. The first-order valence-corrected chi connectivity index (χ1v) is 8.22. The predicted octanol–water partition coefficient (Wildman–Crippen LogP) is -0.876. The van der Waals surface area contributed by atoms with Gasteiger partial charge in [0.25, 0.3) is 10.1 Å². The Morgan fingerprint density at radius 1 is 1.50 bits per heavy atom. The number of carboxylic acid groups (broad SMARTS) is 1. The van der Waals surface area contributed by atoms with Crippen LogP contribution >= 0.6 is 0 Å². The third-order valence-electron chi connectivity index (χ3n) is 2.51. The van der Waals surface area contributed by atoms with Gasteiger partial charge < -0.3 is 10.4 Å². The Hall–Kier alpha value is -2.01. The lowest BCUT2D eigenvalue weighted by Gasteiger charge is -2.12. The number of nitrogens with one attached hydrogen (secondary N) is 1. The van der Waals surface area contributed by atoms with Gasteiger partial charge in [0.05, 0.1) is 12.5 Å². The van der Waals surface area contributed by atoms with Crippen LogP contribution < -0.4 is 5.32 Å². The Kier molecular flexibility index (Phi) is 6.43. The van der Waals surface area contributed by atoms with E-state index in [1.54, 1.807) is 6.92 Å². The fourth-order valence-electron chi connectivity index (χ4n) is 1.53. The lowest BCUT2D eigenvalue weighted by molar-refractivity contribution is -0.137. The summed E-state index contributed by atoms with van der Waals surface area (Å²) in [6.07, 6.45) is 2.61. The molecule has 1 rings (SSSR count). The molecule has 124 valence electrons. The second-order valence-electron chi connectivity index (χ2n) is 4.77. The van der Waals surface area contributed by atoms with Gasteiger partial charge in [0.2, 0.25) is 5.91 Å². The molecule has 0 aliphatic heterocycles. The molecule has 0 saturated carbocycles. The molecule has 0 radical (unpaired) electrons. The number of aromatic nitrogens is 3. The van der Waals surface area contributed by atoms with Crippen LogP contribution in [0, 0.1) is 0 Å². The summed E-state index contributed by atoms with van der Waals surface area (Å²) in [4.78, 5) is 22.1. The number of hydrogen-bond acceptors (Lipinski definition) is 7. The van der Waals surface area contributed by atoms with E-state index in [4.69, 9.17) is 5.11 Å². The highest BCUT2D eigenvalue weighted by molar-refractivity contribution is 7.85. The van der Waals surface area contributed by atoms with E-state index in [2.05, 4.69) is 19.8 Å². The van der Waals surface area contributed by atoms with Gasteiger partial charge in [0, 0.05) is 12.5 Å². The van der Waals surface area contributed by atoms with E-state index >= 15 is 0 Å². The average Bonchev–Trinajstić information content (AvgIpc) is 2.80. The minimum absolute atomic E-state index is 0.0300. The normalized spacial score (nSPS) is 12.8. The summed E-state index contributed by atoms with van der Waals surface area (Å²) in [5, 5.41) is 18.5. The molecule has 0 aromatic carbocycles. The zero-order chi connectivity index (χ0) is 16.8. The second kappa shape index (κ2) is 7.84. The van der Waals surface area contributed by atoms with Crippen molar-refractivity contribution in [2.75, 3.05) is 6.26 Å². The quantitative estimate of drug-likeness (QED) is 0.555. The van der Waals surface area contributed by atoms with Crippen molar-refractivity contribution in [1.82, 2.24) is 20.3 Å². The fraction of sp³-hybridized carbons (Fsp3) is 0.636. The summed E-state index contributed by atoms with van der Waals surface area (Å²) in [7, 11) is -3.57. The first-order valence-electron chi connectivity index (χ1n) is 6.40. The maximum atomic E-state index is 11.7. The molecule has 10 nitrogen and oxygen atoms in total. The molecule has 1 atom stereocenters. The number of carboxylic acids is 1. The SMILES string of the molecule is C[C@H](CCC(=O)O)NC(=O)Cn1cc(COS(C)(=O)=O)nn1. The highest BCUT2D eigenvalue weighted by Crippen LogP contribution is 2.00. The van der Waals surface area contributed by atoms with Crippen LogP contribution in [0.1, 0.15) is 25.5 Å². The molecule has 11 heteroatoms. The third-order valence-corrected chi connectivity index (χ3v) is 3.06. The van der Waals surface area contributed by atoms with E-state index in [1.807, 2.05) is 0 Å². The minimum atomic E-state index is -3.57. The summed E-state index contributed by atoms with van der Waals surface area (Å²) in [5.41, 5.74) is 0.275. The lowest BCUT2D eigenvalue weighted by atomic mass is 10.2. The van der Waals surface area contributed by atoms with Crippen LogP contribution in [0.5, 0.6) is 0 Å². The molecule has 0 aliphatic carbocycles. The van der Waals surface area contributed by atoms with Gasteiger partial charge >= 0.3 is 5.97 Å². The molecule has 0 saturated heterocycles. The summed E-state index contributed by atoms with van der Waals surface area (Å²) in [5.74, 6) is -1.27. The lowest BCUT2D eigenvalue weighted by Crippen LogP contribution is -2.35. The molecule has 0 aliphatic rings. The molecular weight excluding hydrogens is 316 g/mol. The van der Waals surface area contributed by atoms with Crippen molar-refractivity contribution in [2.45, 2.75) is 39.0 Å². The van der Waals surface area contributed by atoms with Crippen molar-refractivity contribution < 1.29 is 27.3 Å². The van der Waals surface area contributed by atoms with E-state index in [-0.39, 0.29) is 37.2 Å². The molecule has 2 N–H and O–H groups in total. The second-order valence-corrected chi connectivity index (χ2v) is 6.42. The molecule has 1 amide bonds. The van der Waals surface area contributed by atoms with E-state index < -0.39 is 16.1 Å². The van der Waals surface area contributed by atoms with Gasteiger partial charge in [-0.1, -0.05) is 5.21 Å². The maximum absolute atomic E-state index is 11.7. The molecule has 0 fully saturated rings. The van der Waals surface area contributed by atoms with Gasteiger partial charge in [-0.2, -0.15) is 8.42 Å². The van der Waals surface area contributed by atoms with Crippen LogP contribution in [0.15, 0.2) is 6.20 Å². The number of rotatable bonds is 9. The number of carbonyl (C=O) groups is 2. The van der Waals surface area contributed by atoms with Crippen LogP contribution in [0.2, 0.25) is 0 Å². The molecule has 0 spiro atoms. The number of aliphatic carboxylic acids is 1. The predicted molar refractivity (Wildman–Crippen MR) is 74.1 cm³/mol. The number of nitrogens with zero attached hydrogens (tertiary/aromatic N) is 3. The van der Waals surface area contributed by atoms with Crippen LogP contribution in [0.4, 0.5) is 0 Å².